The molecule has 0 aromatic heterocycles. The van der Waals surface area contributed by atoms with Gasteiger partial charge in [-0.3, -0.25) is 4.79 Å². The number of carbonyl (C=O) groups excluding carboxylic acids is 1. The minimum Gasteiger partial charge on any atom is -0.508 e. The zero-order chi connectivity index (χ0) is 13.7. The number of carbonyl (C=O) groups is 1. The Morgan fingerprint density at radius 1 is 1.50 bits per heavy atom. The Labute approximate surface area is 106 Å². The topological polar surface area (TPSA) is 52.6 Å². The fraction of sp³-hybridized carbons (Fsp3) is 0.462. The molecule has 0 aliphatic rings. The predicted molar refractivity (Wildman–Crippen MR) is 67.6 cm³/mol. The maximum atomic E-state index is 13.1. The molecule has 0 heterocycles. The third-order valence-corrected chi connectivity index (χ3v) is 2.67. The van der Waals surface area contributed by atoms with Crippen molar-refractivity contribution >= 4 is 5.91 Å². The Bertz CT molecular complexity index is 403. The van der Waals surface area contributed by atoms with Gasteiger partial charge in [0.2, 0.25) is 5.91 Å². The van der Waals surface area contributed by atoms with Crippen LogP contribution >= 0.6 is 0 Å². The minimum absolute atomic E-state index is 0.0241. The molecule has 1 rings (SSSR count). The second-order valence-electron chi connectivity index (χ2n) is 4.53. The molecule has 1 atom stereocenters. The average Bonchev–Trinajstić information content (AvgIpc) is 2.25. The highest BCUT2D eigenvalue weighted by atomic mass is 19.1. The van der Waals surface area contributed by atoms with Gasteiger partial charge in [0.05, 0.1) is 0 Å². The number of rotatable bonds is 5. The van der Waals surface area contributed by atoms with Gasteiger partial charge < -0.3 is 15.3 Å². The summed E-state index contributed by atoms with van der Waals surface area (Å²) in [6.07, 6.45) is 0. The summed E-state index contributed by atoms with van der Waals surface area (Å²) >= 11 is 0. The van der Waals surface area contributed by atoms with E-state index in [-0.39, 0.29) is 17.6 Å². The Kier molecular flexibility index (Phi) is 5.09. The van der Waals surface area contributed by atoms with Gasteiger partial charge in [-0.05, 0) is 24.7 Å². The molecule has 1 aromatic rings. The number of nitrogens with zero attached hydrogens (tertiary/aromatic N) is 1. The lowest BCUT2D eigenvalue weighted by Gasteiger charge is -2.20. The highest BCUT2D eigenvalue weighted by Gasteiger charge is 2.14. The van der Waals surface area contributed by atoms with E-state index in [9.17, 15) is 14.3 Å². The highest BCUT2D eigenvalue weighted by molar-refractivity contribution is 5.78. The average molecular weight is 254 g/mol. The number of aromatic hydroxyl groups is 1. The first kappa shape index (κ1) is 14.4. The highest BCUT2D eigenvalue weighted by Crippen LogP contribution is 2.16. The summed E-state index contributed by atoms with van der Waals surface area (Å²) < 4.78 is 13.1. The van der Waals surface area contributed by atoms with E-state index >= 15 is 0 Å². The van der Waals surface area contributed by atoms with Gasteiger partial charge in [0, 0.05) is 32.1 Å². The number of halogens is 1. The molecule has 1 unspecified atom stereocenters. The zero-order valence-corrected chi connectivity index (χ0v) is 10.9. The van der Waals surface area contributed by atoms with Crippen molar-refractivity contribution in [1.29, 1.82) is 0 Å². The first-order valence-corrected chi connectivity index (χ1v) is 5.81. The van der Waals surface area contributed by atoms with Crippen LogP contribution in [0.3, 0.4) is 0 Å². The minimum atomic E-state index is -0.460. The second kappa shape index (κ2) is 6.35. The Morgan fingerprint density at radius 2 is 2.17 bits per heavy atom. The molecule has 1 amide bonds. The molecule has 0 saturated carbocycles. The lowest BCUT2D eigenvalue weighted by Crippen LogP contribution is -2.34. The van der Waals surface area contributed by atoms with Crippen LogP contribution in [0.5, 0.6) is 5.75 Å². The maximum absolute atomic E-state index is 13.1. The third kappa shape index (κ3) is 4.33. The number of hydrogen-bond donors (Lipinski definition) is 2. The Hall–Kier alpha value is -1.62. The van der Waals surface area contributed by atoms with Gasteiger partial charge in [0.1, 0.15) is 11.6 Å². The Morgan fingerprint density at radius 3 is 2.72 bits per heavy atom. The van der Waals surface area contributed by atoms with E-state index in [1.165, 1.54) is 12.1 Å². The van der Waals surface area contributed by atoms with E-state index < -0.39 is 5.82 Å². The molecule has 18 heavy (non-hydrogen) atoms. The summed E-state index contributed by atoms with van der Waals surface area (Å²) in [6.45, 7) is 2.88. The van der Waals surface area contributed by atoms with Crippen LogP contribution in [0.25, 0.3) is 0 Å². The van der Waals surface area contributed by atoms with E-state index in [0.29, 0.717) is 18.7 Å². The molecule has 5 heteroatoms. The number of hydrogen-bond acceptors (Lipinski definition) is 3. The molecule has 2 N–H and O–H groups in total. The molecule has 0 bridgehead atoms. The van der Waals surface area contributed by atoms with Crippen LogP contribution in [0, 0.1) is 11.7 Å². The van der Waals surface area contributed by atoms with Crippen molar-refractivity contribution in [3.8, 4) is 5.75 Å². The molecule has 0 aliphatic carbocycles. The molecular weight excluding hydrogens is 235 g/mol. The molecule has 0 saturated heterocycles. The van der Waals surface area contributed by atoms with Crippen LogP contribution in [0.2, 0.25) is 0 Å². The number of phenols is 1. The Balaban J connectivity index is 2.59. The van der Waals surface area contributed by atoms with Crippen molar-refractivity contribution in [2.45, 2.75) is 13.5 Å². The van der Waals surface area contributed by atoms with Crippen molar-refractivity contribution in [2.24, 2.45) is 5.92 Å². The van der Waals surface area contributed by atoms with Gasteiger partial charge in [0.15, 0.2) is 0 Å². The first-order valence-electron chi connectivity index (χ1n) is 5.81. The van der Waals surface area contributed by atoms with Gasteiger partial charge in [-0.15, -0.1) is 0 Å². The lowest BCUT2D eigenvalue weighted by molar-refractivity contribution is -0.124. The fourth-order valence-corrected chi connectivity index (χ4v) is 1.90. The monoisotopic (exact) mass is 254 g/mol. The van der Waals surface area contributed by atoms with Crippen LogP contribution in [-0.4, -0.2) is 36.6 Å². The van der Waals surface area contributed by atoms with E-state index in [2.05, 4.69) is 5.32 Å². The van der Waals surface area contributed by atoms with Crippen LogP contribution in [0.4, 0.5) is 4.39 Å². The molecule has 0 aliphatic heterocycles. The predicted octanol–water partition coefficient (Wildman–Crippen LogP) is 1.35. The van der Waals surface area contributed by atoms with Crippen molar-refractivity contribution in [1.82, 2.24) is 10.2 Å². The fourth-order valence-electron chi connectivity index (χ4n) is 1.90. The van der Waals surface area contributed by atoms with Crippen LogP contribution in [0.1, 0.15) is 12.5 Å². The summed E-state index contributed by atoms with van der Waals surface area (Å²) in [6, 6.07) is 3.96. The molecule has 1 aromatic carbocycles. The number of phenolic OH excluding ortho intramolecular Hbond substituents is 1. The maximum Gasteiger partial charge on any atom is 0.223 e. The summed E-state index contributed by atoms with van der Waals surface area (Å²) in [5, 5.41) is 11.9. The number of nitrogens with one attached hydrogen (secondary N) is 1. The van der Waals surface area contributed by atoms with Crippen molar-refractivity contribution in [3.63, 3.8) is 0 Å². The van der Waals surface area contributed by atoms with E-state index in [0.717, 1.165) is 6.07 Å². The standard InChI is InChI=1S/C13H19FN2O2/c1-9(13(18)15-2)7-16(3)8-10-4-11(14)6-12(17)5-10/h4-6,9,17H,7-8H2,1-3H3,(H,15,18). The molecule has 0 spiro atoms. The molecule has 0 radical (unpaired) electrons. The van der Waals surface area contributed by atoms with Crippen LogP contribution < -0.4 is 5.32 Å². The summed E-state index contributed by atoms with van der Waals surface area (Å²) in [7, 11) is 3.45. The number of benzene rings is 1. The number of amides is 1. The van der Waals surface area contributed by atoms with E-state index in [1.54, 1.807) is 7.05 Å². The first-order chi connectivity index (χ1) is 8.42. The van der Waals surface area contributed by atoms with Gasteiger partial charge in [-0.25, -0.2) is 4.39 Å². The van der Waals surface area contributed by atoms with Crippen molar-refractivity contribution in [3.05, 3.63) is 29.6 Å². The summed E-state index contributed by atoms with van der Waals surface area (Å²) in [5.41, 5.74) is 0.680. The van der Waals surface area contributed by atoms with Gasteiger partial charge in [-0.1, -0.05) is 6.92 Å². The van der Waals surface area contributed by atoms with Gasteiger partial charge >= 0.3 is 0 Å². The molecular formula is C13H19FN2O2. The van der Waals surface area contributed by atoms with E-state index in [1.807, 2.05) is 18.9 Å². The quantitative estimate of drug-likeness (QED) is 0.834. The van der Waals surface area contributed by atoms with Crippen molar-refractivity contribution < 1.29 is 14.3 Å². The normalized spacial score (nSPS) is 12.5. The molecule has 0 fully saturated rings. The van der Waals surface area contributed by atoms with E-state index in [4.69, 9.17) is 0 Å². The largest absolute Gasteiger partial charge is 0.508 e. The summed E-state index contributed by atoms with van der Waals surface area (Å²) in [5.74, 6) is -0.707. The second-order valence-corrected chi connectivity index (χ2v) is 4.53. The zero-order valence-electron chi connectivity index (χ0n) is 10.9. The van der Waals surface area contributed by atoms with Gasteiger partial charge in [0.25, 0.3) is 0 Å². The van der Waals surface area contributed by atoms with Crippen LogP contribution in [0.15, 0.2) is 18.2 Å². The van der Waals surface area contributed by atoms with Crippen molar-refractivity contribution in [2.75, 3.05) is 20.6 Å². The molecule has 4 nitrogen and oxygen atoms in total. The third-order valence-electron chi connectivity index (χ3n) is 2.67. The summed E-state index contributed by atoms with van der Waals surface area (Å²) in [4.78, 5) is 13.3. The molecule has 100 valence electrons. The van der Waals surface area contributed by atoms with Gasteiger partial charge in [-0.2, -0.15) is 0 Å². The lowest BCUT2D eigenvalue weighted by atomic mass is 10.1. The smallest absolute Gasteiger partial charge is 0.223 e. The SMILES string of the molecule is CNC(=O)C(C)CN(C)Cc1cc(O)cc(F)c1. The van der Waals surface area contributed by atoms with Crippen LogP contribution in [-0.2, 0) is 11.3 Å².